The molecule has 54 valence electrons. The zero-order chi connectivity index (χ0) is 6.53. The second-order valence-corrected chi connectivity index (χ2v) is 2.75. The molecule has 0 amide bonds. The minimum Gasteiger partial charge on any atom is -0.315 e. The Morgan fingerprint density at radius 3 is 3.11 bits per heavy atom. The van der Waals surface area contributed by atoms with Gasteiger partial charge in [0.2, 0.25) is 0 Å². The van der Waals surface area contributed by atoms with Crippen molar-refractivity contribution in [3.8, 4) is 0 Å². The van der Waals surface area contributed by atoms with Crippen molar-refractivity contribution in [3.63, 3.8) is 0 Å². The first kappa shape index (κ1) is 7.34. The topological polar surface area (TPSA) is 50.1 Å². The lowest BCUT2D eigenvalue weighted by Gasteiger charge is -2.21. The maximum atomic E-state index is 5.24. The zero-order valence-corrected chi connectivity index (χ0v) is 6.21. The standard InChI is InChI=1S/C5H13N3S/c6-9-8-5-2-1-3-7-4-5/h5,7-8H,1-4,6H2. The summed E-state index contributed by atoms with van der Waals surface area (Å²) < 4.78 is 3.12. The molecule has 1 atom stereocenters. The van der Waals surface area contributed by atoms with Gasteiger partial charge in [0.1, 0.15) is 0 Å². The van der Waals surface area contributed by atoms with Crippen LogP contribution >= 0.6 is 12.1 Å². The molecule has 3 nitrogen and oxygen atoms in total. The van der Waals surface area contributed by atoms with E-state index in [1.807, 2.05) is 0 Å². The van der Waals surface area contributed by atoms with E-state index >= 15 is 0 Å². The summed E-state index contributed by atoms with van der Waals surface area (Å²) in [5.41, 5.74) is 0. The Hall–Kier alpha value is 0.230. The molecule has 1 fully saturated rings. The van der Waals surface area contributed by atoms with E-state index in [0.29, 0.717) is 6.04 Å². The van der Waals surface area contributed by atoms with E-state index < -0.39 is 0 Å². The van der Waals surface area contributed by atoms with Gasteiger partial charge >= 0.3 is 0 Å². The second-order valence-electron chi connectivity index (χ2n) is 2.28. The average Bonchev–Trinajstić information content (AvgIpc) is 1.91. The quantitative estimate of drug-likeness (QED) is 0.475. The lowest BCUT2D eigenvalue weighted by atomic mass is 10.1. The molecule has 0 aromatic rings. The first-order valence-electron chi connectivity index (χ1n) is 3.25. The van der Waals surface area contributed by atoms with E-state index in [0.717, 1.165) is 13.1 Å². The van der Waals surface area contributed by atoms with E-state index in [-0.39, 0.29) is 0 Å². The predicted octanol–water partition coefficient (Wildman–Crippen LogP) is -0.150. The highest BCUT2D eigenvalue weighted by Gasteiger charge is 2.10. The van der Waals surface area contributed by atoms with Crippen LogP contribution in [0.1, 0.15) is 12.8 Å². The summed E-state index contributed by atoms with van der Waals surface area (Å²) in [4.78, 5) is 0. The maximum Gasteiger partial charge on any atom is 0.0309 e. The van der Waals surface area contributed by atoms with E-state index in [4.69, 9.17) is 5.14 Å². The molecule has 1 aliphatic rings. The van der Waals surface area contributed by atoms with E-state index in [1.54, 1.807) is 0 Å². The van der Waals surface area contributed by atoms with Crippen molar-refractivity contribution in [2.45, 2.75) is 18.9 Å². The van der Waals surface area contributed by atoms with Crippen LogP contribution in [-0.4, -0.2) is 19.1 Å². The van der Waals surface area contributed by atoms with Crippen molar-refractivity contribution in [2.24, 2.45) is 5.14 Å². The summed E-state index contributed by atoms with van der Waals surface area (Å²) in [6.45, 7) is 2.22. The fourth-order valence-electron chi connectivity index (χ4n) is 1.05. The van der Waals surface area contributed by atoms with Crippen LogP contribution in [0.2, 0.25) is 0 Å². The number of piperidine rings is 1. The van der Waals surface area contributed by atoms with Gasteiger partial charge in [-0.15, -0.1) is 0 Å². The Kier molecular flexibility index (Phi) is 3.35. The summed E-state index contributed by atoms with van der Waals surface area (Å²) in [5.74, 6) is 0. The highest BCUT2D eigenvalue weighted by molar-refractivity contribution is 7.95. The summed E-state index contributed by atoms with van der Waals surface area (Å²) in [5, 5.41) is 8.53. The minimum absolute atomic E-state index is 0.578. The van der Waals surface area contributed by atoms with Crippen LogP contribution in [0.3, 0.4) is 0 Å². The Bertz CT molecular complexity index is 69.8. The maximum absolute atomic E-state index is 5.24. The summed E-state index contributed by atoms with van der Waals surface area (Å²) in [6.07, 6.45) is 2.51. The Labute approximate surface area is 60.0 Å². The molecule has 0 aromatic heterocycles. The molecule has 4 N–H and O–H groups in total. The molecule has 0 bridgehead atoms. The molecule has 1 aliphatic heterocycles. The molecular weight excluding hydrogens is 134 g/mol. The molecule has 1 rings (SSSR count). The van der Waals surface area contributed by atoms with Gasteiger partial charge in [0.25, 0.3) is 0 Å². The largest absolute Gasteiger partial charge is 0.315 e. The Morgan fingerprint density at radius 1 is 1.67 bits per heavy atom. The van der Waals surface area contributed by atoms with Gasteiger partial charge in [-0.25, -0.2) is 4.72 Å². The molecule has 0 spiro atoms. The first-order valence-corrected chi connectivity index (χ1v) is 4.13. The van der Waals surface area contributed by atoms with Gasteiger partial charge in [0, 0.05) is 24.7 Å². The Balaban J connectivity index is 2.08. The number of hydrogen-bond acceptors (Lipinski definition) is 4. The molecule has 9 heavy (non-hydrogen) atoms. The normalized spacial score (nSPS) is 28.3. The van der Waals surface area contributed by atoms with Crippen molar-refractivity contribution >= 4 is 12.1 Å². The van der Waals surface area contributed by atoms with Gasteiger partial charge in [-0.05, 0) is 19.4 Å². The number of nitrogens with one attached hydrogen (secondary N) is 2. The zero-order valence-electron chi connectivity index (χ0n) is 5.39. The fraction of sp³-hybridized carbons (Fsp3) is 1.00. The van der Waals surface area contributed by atoms with Crippen LogP contribution in [0.25, 0.3) is 0 Å². The molecular formula is C5H13N3S. The van der Waals surface area contributed by atoms with Gasteiger partial charge in [-0.3, -0.25) is 5.14 Å². The highest BCUT2D eigenvalue weighted by Crippen LogP contribution is 2.02. The van der Waals surface area contributed by atoms with Crippen molar-refractivity contribution in [3.05, 3.63) is 0 Å². The third-order valence-corrected chi connectivity index (χ3v) is 2.00. The third-order valence-electron chi connectivity index (χ3n) is 1.53. The molecule has 1 heterocycles. The smallest absolute Gasteiger partial charge is 0.0309 e. The van der Waals surface area contributed by atoms with Crippen LogP contribution in [0, 0.1) is 0 Å². The van der Waals surface area contributed by atoms with Gasteiger partial charge < -0.3 is 5.32 Å². The minimum atomic E-state index is 0.578. The first-order chi connectivity index (χ1) is 4.43. The van der Waals surface area contributed by atoms with Gasteiger partial charge in [-0.2, -0.15) is 0 Å². The Morgan fingerprint density at radius 2 is 2.56 bits per heavy atom. The second kappa shape index (κ2) is 4.11. The molecule has 0 aromatic carbocycles. The molecule has 1 unspecified atom stereocenters. The van der Waals surface area contributed by atoms with Gasteiger partial charge in [-0.1, -0.05) is 0 Å². The van der Waals surface area contributed by atoms with Crippen molar-refractivity contribution in [1.29, 1.82) is 0 Å². The van der Waals surface area contributed by atoms with Crippen LogP contribution in [0.4, 0.5) is 0 Å². The van der Waals surface area contributed by atoms with Crippen LogP contribution in [0.15, 0.2) is 0 Å². The van der Waals surface area contributed by atoms with E-state index in [1.165, 1.54) is 25.0 Å². The van der Waals surface area contributed by atoms with E-state index in [9.17, 15) is 0 Å². The third kappa shape index (κ3) is 2.53. The van der Waals surface area contributed by atoms with Gasteiger partial charge in [0.15, 0.2) is 0 Å². The highest BCUT2D eigenvalue weighted by atomic mass is 32.2. The van der Waals surface area contributed by atoms with E-state index in [2.05, 4.69) is 10.0 Å². The fourth-order valence-corrected chi connectivity index (χ4v) is 1.44. The molecule has 0 aliphatic carbocycles. The summed E-state index contributed by atoms with van der Waals surface area (Å²) >= 11 is 1.22. The van der Waals surface area contributed by atoms with Crippen LogP contribution < -0.4 is 15.2 Å². The molecule has 0 saturated carbocycles. The van der Waals surface area contributed by atoms with Crippen molar-refractivity contribution < 1.29 is 0 Å². The lowest BCUT2D eigenvalue weighted by Crippen LogP contribution is -2.40. The average molecular weight is 147 g/mol. The van der Waals surface area contributed by atoms with Crippen molar-refractivity contribution in [2.75, 3.05) is 13.1 Å². The number of rotatable bonds is 2. The monoisotopic (exact) mass is 147 g/mol. The molecule has 0 radical (unpaired) electrons. The molecule has 1 saturated heterocycles. The van der Waals surface area contributed by atoms with Crippen LogP contribution in [0.5, 0.6) is 0 Å². The lowest BCUT2D eigenvalue weighted by molar-refractivity contribution is 0.441. The van der Waals surface area contributed by atoms with Crippen molar-refractivity contribution in [1.82, 2.24) is 10.0 Å². The summed E-state index contributed by atoms with van der Waals surface area (Å²) in [6, 6.07) is 0.578. The predicted molar refractivity (Wildman–Crippen MR) is 40.8 cm³/mol. The van der Waals surface area contributed by atoms with Gasteiger partial charge in [0.05, 0.1) is 0 Å². The SMILES string of the molecule is NSNC1CCCNC1. The number of nitrogens with two attached hydrogens (primary N) is 1. The van der Waals surface area contributed by atoms with Crippen LogP contribution in [-0.2, 0) is 0 Å². The summed E-state index contributed by atoms with van der Waals surface area (Å²) in [7, 11) is 0. The molecule has 4 heteroatoms. The number of hydrogen-bond donors (Lipinski definition) is 3.